The van der Waals surface area contributed by atoms with Crippen LogP contribution in [0.4, 0.5) is 0 Å². The molecule has 1 aliphatic carbocycles. The first-order valence-electron chi connectivity index (χ1n) is 2.85. The molecule has 1 aliphatic rings. The van der Waals surface area contributed by atoms with E-state index in [4.69, 9.17) is 22.5 Å². The fourth-order valence-corrected chi connectivity index (χ4v) is 1.30. The maximum absolute atomic E-state index is 8.18. The van der Waals surface area contributed by atoms with Crippen LogP contribution in [0.3, 0.4) is 0 Å². The number of rotatable bonds is 1. The number of alkyl halides is 1. The normalized spacial score (nSPS) is 35.9. The lowest BCUT2D eigenvalue weighted by molar-refractivity contribution is 0.305. The zero-order valence-corrected chi connectivity index (χ0v) is 5.67. The first kappa shape index (κ1) is 6.68. The van der Waals surface area contributed by atoms with Gasteiger partial charge in [0.25, 0.3) is 0 Å². The van der Waals surface area contributed by atoms with Crippen molar-refractivity contribution in [2.45, 2.75) is 18.2 Å². The zero-order valence-electron chi connectivity index (χ0n) is 4.92. The SMILES string of the molecule is N/C(=N\O)C1CC(Cl)C1. The molecule has 0 aliphatic heterocycles. The van der Waals surface area contributed by atoms with Crippen LogP contribution in [0.2, 0.25) is 0 Å². The van der Waals surface area contributed by atoms with Gasteiger partial charge in [-0.3, -0.25) is 0 Å². The summed E-state index contributed by atoms with van der Waals surface area (Å²) >= 11 is 5.65. The molecular formula is C5H9ClN2O. The van der Waals surface area contributed by atoms with E-state index >= 15 is 0 Å². The predicted molar refractivity (Wildman–Crippen MR) is 35.8 cm³/mol. The Morgan fingerprint density at radius 3 is 2.56 bits per heavy atom. The molecule has 1 saturated carbocycles. The lowest BCUT2D eigenvalue weighted by Crippen LogP contribution is -2.35. The molecule has 0 amide bonds. The van der Waals surface area contributed by atoms with E-state index in [-0.39, 0.29) is 11.3 Å². The summed E-state index contributed by atoms with van der Waals surface area (Å²) in [4.78, 5) is 0. The average Bonchev–Trinajstić information content (AvgIpc) is 1.79. The number of nitrogens with two attached hydrogens (primary N) is 1. The molecule has 0 aromatic heterocycles. The standard InChI is InChI=1S/C5H9ClN2O/c6-4-1-3(2-4)5(7)8-9/h3-4,9H,1-2H2,(H2,7,8). The molecule has 9 heavy (non-hydrogen) atoms. The molecule has 0 aromatic carbocycles. The van der Waals surface area contributed by atoms with Crippen molar-refractivity contribution in [2.24, 2.45) is 16.8 Å². The highest BCUT2D eigenvalue weighted by Crippen LogP contribution is 2.31. The van der Waals surface area contributed by atoms with Gasteiger partial charge < -0.3 is 10.9 Å². The molecule has 0 bridgehead atoms. The lowest BCUT2D eigenvalue weighted by Gasteiger charge is -2.29. The summed E-state index contributed by atoms with van der Waals surface area (Å²) < 4.78 is 0. The van der Waals surface area contributed by atoms with E-state index in [9.17, 15) is 0 Å². The summed E-state index contributed by atoms with van der Waals surface area (Å²) in [7, 11) is 0. The topological polar surface area (TPSA) is 58.6 Å². The van der Waals surface area contributed by atoms with Crippen molar-refractivity contribution in [3.8, 4) is 0 Å². The van der Waals surface area contributed by atoms with Gasteiger partial charge >= 0.3 is 0 Å². The summed E-state index contributed by atoms with van der Waals surface area (Å²) in [5.74, 6) is 0.532. The largest absolute Gasteiger partial charge is 0.409 e. The molecule has 52 valence electrons. The third-order valence-corrected chi connectivity index (χ3v) is 1.97. The minimum Gasteiger partial charge on any atom is -0.409 e. The van der Waals surface area contributed by atoms with Crippen molar-refractivity contribution < 1.29 is 5.21 Å². The summed E-state index contributed by atoms with van der Waals surface area (Å²) in [5.41, 5.74) is 5.28. The Morgan fingerprint density at radius 2 is 2.22 bits per heavy atom. The second kappa shape index (κ2) is 2.43. The molecule has 1 rings (SSSR count). The maximum atomic E-state index is 8.18. The van der Waals surface area contributed by atoms with Crippen LogP contribution in [-0.4, -0.2) is 16.4 Å². The Morgan fingerprint density at radius 1 is 1.67 bits per heavy atom. The number of hydrogen-bond acceptors (Lipinski definition) is 2. The predicted octanol–water partition coefficient (Wildman–Crippen LogP) is 0.750. The van der Waals surface area contributed by atoms with Gasteiger partial charge in [0.2, 0.25) is 0 Å². The number of hydrogen-bond donors (Lipinski definition) is 2. The van der Waals surface area contributed by atoms with Crippen molar-refractivity contribution in [2.75, 3.05) is 0 Å². The van der Waals surface area contributed by atoms with E-state index < -0.39 is 0 Å². The van der Waals surface area contributed by atoms with Crippen LogP contribution in [-0.2, 0) is 0 Å². The fourth-order valence-electron chi connectivity index (χ4n) is 0.872. The van der Waals surface area contributed by atoms with E-state index in [1.165, 1.54) is 0 Å². The van der Waals surface area contributed by atoms with E-state index in [1.807, 2.05) is 0 Å². The van der Waals surface area contributed by atoms with E-state index in [0.717, 1.165) is 12.8 Å². The van der Waals surface area contributed by atoms with Gasteiger partial charge in [-0.05, 0) is 12.8 Å². The Labute approximate surface area is 58.5 Å². The first-order valence-corrected chi connectivity index (χ1v) is 3.29. The van der Waals surface area contributed by atoms with Crippen LogP contribution in [0.25, 0.3) is 0 Å². The highest BCUT2D eigenvalue weighted by molar-refractivity contribution is 6.21. The molecule has 0 unspecified atom stereocenters. The molecule has 3 N–H and O–H groups in total. The monoisotopic (exact) mass is 148 g/mol. The lowest BCUT2D eigenvalue weighted by atomic mass is 9.84. The Balaban J connectivity index is 2.32. The van der Waals surface area contributed by atoms with Gasteiger partial charge in [-0.2, -0.15) is 0 Å². The maximum Gasteiger partial charge on any atom is 0.142 e. The third kappa shape index (κ3) is 1.27. The number of halogens is 1. The van der Waals surface area contributed by atoms with Gasteiger partial charge in [-0.25, -0.2) is 0 Å². The molecule has 1 fully saturated rings. The minimum absolute atomic E-state index is 0.220. The summed E-state index contributed by atoms with van der Waals surface area (Å²) in [6.07, 6.45) is 1.69. The van der Waals surface area contributed by atoms with Gasteiger partial charge in [0.05, 0.1) is 0 Å². The fraction of sp³-hybridized carbons (Fsp3) is 0.800. The quantitative estimate of drug-likeness (QED) is 0.190. The molecule has 4 heteroatoms. The van der Waals surface area contributed by atoms with Gasteiger partial charge in [-0.15, -0.1) is 11.6 Å². The van der Waals surface area contributed by atoms with Crippen LogP contribution in [0.15, 0.2) is 5.16 Å². The Hall–Kier alpha value is -0.440. The van der Waals surface area contributed by atoms with Crippen LogP contribution in [0.1, 0.15) is 12.8 Å². The summed E-state index contributed by atoms with van der Waals surface area (Å²) in [6.45, 7) is 0. The second-order valence-electron chi connectivity index (χ2n) is 2.29. The van der Waals surface area contributed by atoms with Gasteiger partial charge in [0.1, 0.15) is 5.84 Å². The first-order chi connectivity index (χ1) is 4.24. The highest BCUT2D eigenvalue weighted by Gasteiger charge is 2.30. The average molecular weight is 149 g/mol. The minimum atomic E-state index is 0.220. The van der Waals surface area contributed by atoms with Crippen molar-refractivity contribution in [1.29, 1.82) is 0 Å². The van der Waals surface area contributed by atoms with Gasteiger partial charge in [0.15, 0.2) is 0 Å². The smallest absolute Gasteiger partial charge is 0.142 e. The van der Waals surface area contributed by atoms with Crippen molar-refractivity contribution in [3.05, 3.63) is 0 Å². The molecule has 0 heterocycles. The number of oxime groups is 1. The molecule has 0 atom stereocenters. The van der Waals surface area contributed by atoms with Gasteiger partial charge in [0, 0.05) is 11.3 Å². The van der Waals surface area contributed by atoms with Gasteiger partial charge in [-0.1, -0.05) is 5.16 Å². The summed E-state index contributed by atoms with van der Waals surface area (Å²) in [5, 5.41) is 11.3. The molecule has 0 spiro atoms. The molecule has 0 saturated heterocycles. The third-order valence-electron chi connectivity index (χ3n) is 1.61. The molecule has 0 radical (unpaired) electrons. The number of nitrogens with zero attached hydrogens (tertiary/aromatic N) is 1. The zero-order chi connectivity index (χ0) is 6.85. The molecule has 0 aromatic rings. The number of amidine groups is 1. The Bertz CT molecular complexity index is 131. The van der Waals surface area contributed by atoms with Crippen LogP contribution >= 0.6 is 11.6 Å². The second-order valence-corrected chi connectivity index (χ2v) is 2.91. The van der Waals surface area contributed by atoms with Crippen LogP contribution in [0.5, 0.6) is 0 Å². The van der Waals surface area contributed by atoms with Crippen molar-refractivity contribution >= 4 is 17.4 Å². The summed E-state index contributed by atoms with van der Waals surface area (Å²) in [6, 6.07) is 0. The molecule has 3 nitrogen and oxygen atoms in total. The van der Waals surface area contributed by atoms with Crippen molar-refractivity contribution in [3.63, 3.8) is 0 Å². The van der Waals surface area contributed by atoms with E-state index in [2.05, 4.69) is 5.16 Å². The van der Waals surface area contributed by atoms with Crippen LogP contribution in [0, 0.1) is 5.92 Å². The highest BCUT2D eigenvalue weighted by atomic mass is 35.5. The van der Waals surface area contributed by atoms with Crippen LogP contribution < -0.4 is 5.73 Å². The van der Waals surface area contributed by atoms with E-state index in [1.54, 1.807) is 0 Å². The van der Waals surface area contributed by atoms with E-state index in [0.29, 0.717) is 5.84 Å². The molecular weight excluding hydrogens is 140 g/mol. The van der Waals surface area contributed by atoms with Crippen molar-refractivity contribution in [1.82, 2.24) is 0 Å². The Kier molecular flexibility index (Phi) is 1.81.